The zero-order valence-corrected chi connectivity index (χ0v) is 20.5. The van der Waals surface area contributed by atoms with Gasteiger partial charge >= 0.3 is 0 Å². The summed E-state index contributed by atoms with van der Waals surface area (Å²) in [6.45, 7) is 9.41. The molecule has 3 rings (SSSR count). The van der Waals surface area contributed by atoms with Crippen LogP contribution in [0.3, 0.4) is 0 Å². The van der Waals surface area contributed by atoms with Crippen molar-refractivity contribution in [2.24, 2.45) is 5.92 Å². The summed E-state index contributed by atoms with van der Waals surface area (Å²) in [6.07, 6.45) is 3.70. The molecule has 172 valence electrons. The molecule has 0 saturated carbocycles. The van der Waals surface area contributed by atoms with E-state index in [1.165, 1.54) is 11.8 Å². The smallest absolute Gasteiger partial charge is 0.263 e. The molecule has 3 aromatic rings. The maximum atomic E-state index is 12.7. The molecule has 0 spiro atoms. The van der Waals surface area contributed by atoms with Gasteiger partial charge in [0.1, 0.15) is 11.6 Å². The first kappa shape index (κ1) is 24.1. The van der Waals surface area contributed by atoms with Crippen molar-refractivity contribution in [3.63, 3.8) is 0 Å². The molecule has 0 atom stereocenters. The van der Waals surface area contributed by atoms with Crippen molar-refractivity contribution in [3.8, 4) is 5.75 Å². The summed E-state index contributed by atoms with van der Waals surface area (Å²) in [5, 5.41) is 12.9. The number of carbonyl (C=O) groups excluding carboxylic acids is 1. The minimum atomic E-state index is -1.04. The Bertz CT molecular complexity index is 1070. The van der Waals surface area contributed by atoms with Crippen molar-refractivity contribution >= 4 is 46.1 Å². The van der Waals surface area contributed by atoms with Crippen molar-refractivity contribution in [3.05, 3.63) is 35.5 Å². The van der Waals surface area contributed by atoms with Crippen LogP contribution in [0.15, 0.2) is 35.6 Å². The number of nitrogens with one attached hydrogen (secondary N) is 2. The second-order valence-corrected chi connectivity index (χ2v) is 9.47. The first-order valence-corrected chi connectivity index (χ1v) is 12.0. The number of fused-ring (bicyclic) bond motifs is 1. The van der Waals surface area contributed by atoms with Crippen LogP contribution in [0.5, 0.6) is 5.75 Å². The second-order valence-electron chi connectivity index (χ2n) is 8.26. The molecule has 1 amide bonds. The Morgan fingerprint density at radius 2 is 1.97 bits per heavy atom. The minimum Gasteiger partial charge on any atom is -0.478 e. The highest BCUT2D eigenvalue weighted by Gasteiger charge is 2.29. The fourth-order valence-corrected chi connectivity index (χ4v) is 3.44. The summed E-state index contributed by atoms with van der Waals surface area (Å²) in [5.74, 6) is 1.63. The lowest BCUT2D eigenvalue weighted by molar-refractivity contribution is -0.134. The summed E-state index contributed by atoms with van der Waals surface area (Å²) in [7, 11) is 0. The minimum absolute atomic E-state index is 0.220. The number of anilines is 1. The van der Waals surface area contributed by atoms with Gasteiger partial charge in [-0.05, 0) is 50.3 Å². The molecule has 0 aliphatic carbocycles. The molecule has 0 unspecified atom stereocenters. The third-order valence-corrected chi connectivity index (χ3v) is 5.48. The maximum absolute atomic E-state index is 12.7. The molecule has 0 fully saturated rings. The van der Waals surface area contributed by atoms with E-state index in [-0.39, 0.29) is 5.91 Å². The van der Waals surface area contributed by atoms with Crippen molar-refractivity contribution in [2.45, 2.75) is 45.0 Å². The van der Waals surface area contributed by atoms with Gasteiger partial charge in [0.05, 0.1) is 18.1 Å². The summed E-state index contributed by atoms with van der Waals surface area (Å²) in [4.78, 5) is 21.9. The first-order valence-electron chi connectivity index (χ1n) is 10.4. The largest absolute Gasteiger partial charge is 0.478 e. The predicted molar refractivity (Wildman–Crippen MR) is 130 cm³/mol. The van der Waals surface area contributed by atoms with Crippen LogP contribution >= 0.6 is 23.4 Å². The molecule has 2 heterocycles. The van der Waals surface area contributed by atoms with Crippen LogP contribution in [0.25, 0.3) is 11.0 Å². The van der Waals surface area contributed by atoms with E-state index in [0.29, 0.717) is 34.9 Å². The number of rotatable bonds is 10. The number of thioether (sulfide) groups is 1. The van der Waals surface area contributed by atoms with Crippen LogP contribution in [0, 0.1) is 5.92 Å². The van der Waals surface area contributed by atoms with Gasteiger partial charge in [0.15, 0.2) is 16.4 Å². The van der Waals surface area contributed by atoms with E-state index in [0.717, 1.165) is 23.4 Å². The van der Waals surface area contributed by atoms with Crippen LogP contribution in [0.1, 0.15) is 27.7 Å². The van der Waals surface area contributed by atoms with E-state index in [9.17, 15) is 4.79 Å². The predicted octanol–water partition coefficient (Wildman–Crippen LogP) is 4.24. The van der Waals surface area contributed by atoms with Gasteiger partial charge in [-0.3, -0.25) is 4.79 Å². The normalized spacial score (nSPS) is 11.7. The molecule has 0 aliphatic heterocycles. The van der Waals surface area contributed by atoms with Crippen LogP contribution in [-0.4, -0.2) is 50.6 Å². The van der Waals surface area contributed by atoms with Crippen LogP contribution in [0.2, 0.25) is 5.02 Å². The fraction of sp³-hybridized carbons (Fsp3) is 0.455. The van der Waals surface area contributed by atoms with Crippen molar-refractivity contribution in [1.82, 2.24) is 25.1 Å². The fourth-order valence-electron chi connectivity index (χ4n) is 2.96. The lowest BCUT2D eigenvalue weighted by Crippen LogP contribution is -2.47. The number of ether oxygens (including phenoxy) is 1. The molecule has 2 aromatic heterocycles. The lowest BCUT2D eigenvalue weighted by Gasteiger charge is -2.25. The Balaban J connectivity index is 1.66. The Labute approximate surface area is 197 Å². The zero-order chi connectivity index (χ0) is 23.3. The maximum Gasteiger partial charge on any atom is 0.263 e. The van der Waals surface area contributed by atoms with Crippen LogP contribution < -0.4 is 15.4 Å². The molecule has 10 heteroatoms. The monoisotopic (exact) mass is 476 g/mol. The molecule has 2 N–H and O–H groups in total. The molecule has 0 bridgehead atoms. The van der Waals surface area contributed by atoms with Gasteiger partial charge < -0.3 is 15.4 Å². The summed E-state index contributed by atoms with van der Waals surface area (Å²) in [5.41, 5.74) is -0.302. The Morgan fingerprint density at radius 3 is 2.62 bits per heavy atom. The van der Waals surface area contributed by atoms with E-state index >= 15 is 0 Å². The van der Waals surface area contributed by atoms with E-state index in [1.807, 2.05) is 6.26 Å². The molecule has 32 heavy (non-hydrogen) atoms. The zero-order valence-electron chi connectivity index (χ0n) is 19.0. The van der Waals surface area contributed by atoms with Crippen molar-refractivity contribution in [2.75, 3.05) is 24.7 Å². The van der Waals surface area contributed by atoms with E-state index in [2.05, 4.69) is 39.5 Å². The second kappa shape index (κ2) is 10.4. The SMILES string of the molecule is CSc1nc(NCC(C)C)c2cnn(CCNC(=O)C(C)(C)Oc3ccc(Cl)cc3)c2n1. The van der Waals surface area contributed by atoms with Gasteiger partial charge in [-0.25, -0.2) is 14.6 Å². The Kier molecular flexibility index (Phi) is 7.84. The van der Waals surface area contributed by atoms with Gasteiger partial charge in [0.25, 0.3) is 5.91 Å². The van der Waals surface area contributed by atoms with Gasteiger partial charge in [-0.1, -0.05) is 37.2 Å². The number of amides is 1. The number of halogens is 1. The van der Waals surface area contributed by atoms with E-state index < -0.39 is 5.60 Å². The average molecular weight is 477 g/mol. The summed E-state index contributed by atoms with van der Waals surface area (Å²) in [6, 6.07) is 6.92. The van der Waals surface area contributed by atoms with Crippen molar-refractivity contribution in [1.29, 1.82) is 0 Å². The molecule has 0 radical (unpaired) electrons. The third kappa shape index (κ3) is 6.04. The quantitative estimate of drug-likeness (QED) is 0.334. The highest BCUT2D eigenvalue weighted by Crippen LogP contribution is 2.24. The number of carbonyl (C=O) groups is 1. The number of aromatic nitrogens is 4. The van der Waals surface area contributed by atoms with Gasteiger partial charge in [0.2, 0.25) is 0 Å². The molecule has 0 aliphatic rings. The topological polar surface area (TPSA) is 94.0 Å². The number of hydrogen-bond donors (Lipinski definition) is 2. The Hall–Kier alpha value is -2.52. The standard InChI is InChI=1S/C22H29ClN6O2S/c1-14(2)12-25-18-17-13-26-29(19(17)28-21(27-18)32-5)11-10-24-20(30)22(3,4)31-16-8-6-15(23)7-9-16/h6-9,13-14H,10-12H2,1-5H3,(H,24,30)(H,25,27,28). The van der Waals surface area contributed by atoms with Crippen LogP contribution in [0.4, 0.5) is 5.82 Å². The van der Waals surface area contributed by atoms with Gasteiger partial charge in [-0.2, -0.15) is 5.10 Å². The number of benzene rings is 1. The van der Waals surface area contributed by atoms with Crippen LogP contribution in [-0.2, 0) is 11.3 Å². The molecule has 0 saturated heterocycles. The first-order chi connectivity index (χ1) is 15.2. The van der Waals surface area contributed by atoms with Gasteiger partial charge in [-0.15, -0.1) is 0 Å². The third-order valence-electron chi connectivity index (χ3n) is 4.68. The number of nitrogens with zero attached hydrogens (tertiary/aromatic N) is 4. The van der Waals surface area contributed by atoms with Gasteiger partial charge in [0, 0.05) is 18.1 Å². The molecule has 8 nitrogen and oxygen atoms in total. The molecule has 1 aromatic carbocycles. The highest BCUT2D eigenvalue weighted by molar-refractivity contribution is 7.98. The number of hydrogen-bond acceptors (Lipinski definition) is 7. The lowest BCUT2D eigenvalue weighted by atomic mass is 10.1. The Morgan fingerprint density at radius 1 is 1.25 bits per heavy atom. The highest BCUT2D eigenvalue weighted by atomic mass is 35.5. The van der Waals surface area contributed by atoms with E-state index in [4.69, 9.17) is 16.3 Å². The van der Waals surface area contributed by atoms with Crippen molar-refractivity contribution < 1.29 is 9.53 Å². The molecular weight excluding hydrogens is 448 g/mol. The molecular formula is C22H29ClN6O2S. The summed E-state index contributed by atoms with van der Waals surface area (Å²) < 4.78 is 7.63. The van der Waals surface area contributed by atoms with E-state index in [1.54, 1.807) is 49.0 Å². The average Bonchev–Trinajstić information content (AvgIpc) is 3.16. The summed E-state index contributed by atoms with van der Waals surface area (Å²) >= 11 is 7.39.